The van der Waals surface area contributed by atoms with Gasteiger partial charge >= 0.3 is 0 Å². The lowest BCUT2D eigenvalue weighted by Gasteiger charge is -1.99. The first-order valence-corrected chi connectivity index (χ1v) is 5.91. The minimum Gasteiger partial charge on any atom is -0.205 e. The van der Waals surface area contributed by atoms with Crippen LogP contribution in [0.15, 0.2) is 17.5 Å². The molecule has 4 heteroatoms. The summed E-state index contributed by atoms with van der Waals surface area (Å²) in [7, 11) is 0. The second kappa shape index (κ2) is 3.83. The van der Waals surface area contributed by atoms with Crippen molar-refractivity contribution >= 4 is 44.0 Å². The molecule has 1 heterocycles. The average molecular weight is 317 g/mol. The second-order valence-electron chi connectivity index (χ2n) is 2.83. The van der Waals surface area contributed by atoms with E-state index in [1.165, 1.54) is 16.7 Å². The molecule has 0 aliphatic rings. The third-order valence-corrected chi connectivity index (χ3v) is 3.90. The Morgan fingerprint density at radius 1 is 1.50 bits per heavy atom. The van der Waals surface area contributed by atoms with Gasteiger partial charge in [0.05, 0.1) is 12.5 Å². The monoisotopic (exact) mass is 317 g/mol. The van der Waals surface area contributed by atoms with E-state index in [1.807, 2.05) is 12.1 Å². The summed E-state index contributed by atoms with van der Waals surface area (Å²) in [5, 5.41) is 10.8. The van der Waals surface area contributed by atoms with Gasteiger partial charge in [-0.25, -0.2) is 4.39 Å². The van der Waals surface area contributed by atoms with Crippen LogP contribution in [0, 0.1) is 20.7 Å². The Kier molecular flexibility index (Phi) is 2.70. The van der Waals surface area contributed by atoms with E-state index in [2.05, 4.69) is 28.7 Å². The maximum Gasteiger partial charge on any atom is 0.142 e. The van der Waals surface area contributed by atoms with Crippen molar-refractivity contribution < 1.29 is 4.39 Å². The number of nitriles is 1. The van der Waals surface area contributed by atoms with Gasteiger partial charge in [0.15, 0.2) is 0 Å². The van der Waals surface area contributed by atoms with Crippen molar-refractivity contribution in [2.24, 2.45) is 0 Å². The number of thiophene rings is 1. The molecule has 0 aliphatic carbocycles. The van der Waals surface area contributed by atoms with Crippen molar-refractivity contribution in [1.29, 1.82) is 5.26 Å². The molecule has 1 aromatic carbocycles. The molecule has 1 nitrogen and oxygen atoms in total. The normalized spacial score (nSPS) is 10.4. The van der Waals surface area contributed by atoms with Crippen LogP contribution in [0.3, 0.4) is 0 Å². The highest BCUT2D eigenvalue weighted by atomic mass is 127. The molecule has 0 bridgehead atoms. The van der Waals surface area contributed by atoms with Crippen molar-refractivity contribution in [1.82, 2.24) is 0 Å². The molecule has 0 atom stereocenters. The summed E-state index contributed by atoms with van der Waals surface area (Å²) in [6, 6.07) is 5.83. The highest BCUT2D eigenvalue weighted by molar-refractivity contribution is 14.1. The van der Waals surface area contributed by atoms with Crippen LogP contribution >= 0.6 is 33.9 Å². The molecule has 0 amide bonds. The van der Waals surface area contributed by atoms with Gasteiger partial charge in [0, 0.05) is 19.0 Å². The molecular formula is C10H5FINS. The van der Waals surface area contributed by atoms with Crippen molar-refractivity contribution in [3.8, 4) is 6.07 Å². The van der Waals surface area contributed by atoms with Gasteiger partial charge in [-0.1, -0.05) is 6.07 Å². The van der Waals surface area contributed by atoms with Crippen molar-refractivity contribution in [2.75, 3.05) is 0 Å². The number of halogens is 2. The third kappa shape index (κ3) is 1.51. The first-order chi connectivity index (χ1) is 6.74. The molecule has 0 aliphatic heterocycles. The van der Waals surface area contributed by atoms with Crippen LogP contribution in [-0.4, -0.2) is 0 Å². The molecule has 0 saturated heterocycles. The largest absolute Gasteiger partial charge is 0.205 e. The van der Waals surface area contributed by atoms with Crippen LogP contribution in [0.4, 0.5) is 4.39 Å². The van der Waals surface area contributed by atoms with E-state index < -0.39 is 0 Å². The van der Waals surface area contributed by atoms with Gasteiger partial charge in [0.1, 0.15) is 5.82 Å². The number of benzene rings is 1. The lowest BCUT2D eigenvalue weighted by atomic mass is 10.1. The van der Waals surface area contributed by atoms with Crippen LogP contribution in [0.1, 0.15) is 5.56 Å². The predicted molar refractivity (Wildman–Crippen MR) is 63.8 cm³/mol. The van der Waals surface area contributed by atoms with Gasteiger partial charge in [0.2, 0.25) is 0 Å². The fourth-order valence-electron chi connectivity index (χ4n) is 1.35. The molecule has 2 aromatic rings. The van der Waals surface area contributed by atoms with E-state index in [9.17, 15) is 4.39 Å². The van der Waals surface area contributed by atoms with E-state index in [1.54, 1.807) is 0 Å². The summed E-state index contributed by atoms with van der Waals surface area (Å²) in [4.78, 5) is 0. The number of fused-ring (bicyclic) bond motifs is 1. The number of hydrogen-bond donors (Lipinski definition) is 0. The van der Waals surface area contributed by atoms with Crippen LogP contribution in [0.5, 0.6) is 0 Å². The number of rotatable bonds is 1. The first-order valence-electron chi connectivity index (χ1n) is 3.95. The Morgan fingerprint density at radius 3 is 3.00 bits per heavy atom. The smallest absolute Gasteiger partial charge is 0.142 e. The maximum atomic E-state index is 13.4. The minimum atomic E-state index is -0.186. The summed E-state index contributed by atoms with van der Waals surface area (Å²) >= 11 is 3.47. The molecule has 0 fully saturated rings. The molecule has 0 radical (unpaired) electrons. The minimum absolute atomic E-state index is 0.186. The summed E-state index contributed by atoms with van der Waals surface area (Å²) in [6.07, 6.45) is 0.341. The highest BCUT2D eigenvalue weighted by Gasteiger charge is 2.10. The lowest BCUT2D eigenvalue weighted by molar-refractivity contribution is 0.644. The zero-order chi connectivity index (χ0) is 10.1. The molecule has 0 saturated carbocycles. The molecule has 14 heavy (non-hydrogen) atoms. The van der Waals surface area contributed by atoms with E-state index in [0.29, 0.717) is 11.8 Å². The van der Waals surface area contributed by atoms with E-state index in [4.69, 9.17) is 5.26 Å². The summed E-state index contributed by atoms with van der Waals surface area (Å²) in [5.74, 6) is -0.186. The van der Waals surface area contributed by atoms with Gasteiger partial charge in [-0.05, 0) is 34.2 Å². The number of hydrogen-bond acceptors (Lipinski definition) is 2. The van der Waals surface area contributed by atoms with Gasteiger partial charge in [-0.2, -0.15) is 5.26 Å². The third-order valence-electron chi connectivity index (χ3n) is 1.98. The number of nitrogens with zero attached hydrogens (tertiary/aromatic N) is 1. The Hall–Kier alpha value is -0.670. The Labute approximate surface area is 98.3 Å². The topological polar surface area (TPSA) is 23.8 Å². The molecule has 0 spiro atoms. The Morgan fingerprint density at radius 2 is 2.29 bits per heavy atom. The predicted octanol–water partition coefficient (Wildman–Crippen LogP) is 3.71. The van der Waals surface area contributed by atoms with Crippen LogP contribution in [0.25, 0.3) is 10.1 Å². The highest BCUT2D eigenvalue weighted by Crippen LogP contribution is 2.32. The first kappa shape index (κ1) is 9.87. The lowest BCUT2D eigenvalue weighted by Crippen LogP contribution is -1.84. The van der Waals surface area contributed by atoms with Crippen molar-refractivity contribution in [3.63, 3.8) is 0 Å². The summed E-state index contributed by atoms with van der Waals surface area (Å²) in [5.41, 5.74) is 0.914. The Balaban J connectivity index is 2.78. The molecule has 2 rings (SSSR count). The Bertz CT molecular complexity index is 527. The zero-order valence-corrected chi connectivity index (χ0v) is 10.0. The van der Waals surface area contributed by atoms with E-state index >= 15 is 0 Å². The van der Waals surface area contributed by atoms with Crippen molar-refractivity contribution in [2.45, 2.75) is 6.42 Å². The van der Waals surface area contributed by atoms with Gasteiger partial charge in [-0.3, -0.25) is 0 Å². The standard InChI is InChI=1S/C10H5FINS/c11-7-5-14-10-6(3-4-13)1-2-8(12)9(7)10/h1-2,5H,3H2. The van der Waals surface area contributed by atoms with Gasteiger partial charge in [-0.15, -0.1) is 11.3 Å². The van der Waals surface area contributed by atoms with Crippen molar-refractivity contribution in [3.05, 3.63) is 32.5 Å². The SMILES string of the molecule is N#CCc1ccc(I)c2c(F)csc12. The second-order valence-corrected chi connectivity index (χ2v) is 4.87. The summed E-state index contributed by atoms with van der Waals surface area (Å²) < 4.78 is 15.2. The molecular weight excluding hydrogens is 312 g/mol. The van der Waals surface area contributed by atoms with E-state index in [-0.39, 0.29) is 5.82 Å². The fourth-order valence-corrected chi connectivity index (χ4v) is 3.20. The fraction of sp³-hybridized carbons (Fsp3) is 0.100. The molecule has 1 aromatic heterocycles. The average Bonchev–Trinajstić information content (AvgIpc) is 2.54. The van der Waals surface area contributed by atoms with Gasteiger partial charge < -0.3 is 0 Å². The maximum absolute atomic E-state index is 13.4. The molecule has 0 unspecified atom stereocenters. The van der Waals surface area contributed by atoms with E-state index in [0.717, 1.165) is 13.8 Å². The quantitative estimate of drug-likeness (QED) is 0.736. The molecule has 70 valence electrons. The zero-order valence-electron chi connectivity index (χ0n) is 7.05. The van der Waals surface area contributed by atoms with Crippen LogP contribution in [-0.2, 0) is 6.42 Å². The summed E-state index contributed by atoms with van der Waals surface area (Å²) in [6.45, 7) is 0. The van der Waals surface area contributed by atoms with Gasteiger partial charge in [0.25, 0.3) is 0 Å². The van der Waals surface area contributed by atoms with Crippen LogP contribution < -0.4 is 0 Å². The molecule has 0 N–H and O–H groups in total. The van der Waals surface area contributed by atoms with Crippen LogP contribution in [0.2, 0.25) is 0 Å².